The van der Waals surface area contributed by atoms with Crippen LogP contribution in [0.25, 0.3) is 0 Å². The van der Waals surface area contributed by atoms with Crippen LogP contribution in [0.3, 0.4) is 0 Å². The molecule has 1 aliphatic heterocycles. The van der Waals surface area contributed by atoms with E-state index in [1.54, 1.807) is 0 Å². The van der Waals surface area contributed by atoms with Gasteiger partial charge in [0.15, 0.2) is 0 Å². The van der Waals surface area contributed by atoms with E-state index < -0.39 is 5.54 Å². The maximum atomic E-state index is 12.6. The minimum Gasteiger partial charge on any atom is -0.323 e. The number of benzene rings is 1. The first-order valence-electron chi connectivity index (χ1n) is 7.12. The summed E-state index contributed by atoms with van der Waals surface area (Å²) >= 11 is 0. The maximum absolute atomic E-state index is 12.6. The molecule has 1 saturated carbocycles. The van der Waals surface area contributed by atoms with E-state index in [1.165, 1.54) is 4.90 Å². The van der Waals surface area contributed by atoms with Crippen LogP contribution in [0.15, 0.2) is 18.2 Å². The Hall–Kier alpha value is -1.84. The van der Waals surface area contributed by atoms with Gasteiger partial charge in [0.25, 0.3) is 5.91 Å². The summed E-state index contributed by atoms with van der Waals surface area (Å²) in [6.07, 6.45) is 2.06. The number of hydrogen-bond acceptors (Lipinski definition) is 2. The van der Waals surface area contributed by atoms with Gasteiger partial charge in [-0.15, -0.1) is 0 Å². The van der Waals surface area contributed by atoms with Crippen molar-refractivity contribution in [3.63, 3.8) is 0 Å². The highest BCUT2D eigenvalue weighted by Gasteiger charge is 2.55. The molecule has 1 aliphatic carbocycles. The van der Waals surface area contributed by atoms with E-state index in [0.29, 0.717) is 12.5 Å². The fourth-order valence-corrected chi connectivity index (χ4v) is 2.94. The molecule has 1 aromatic rings. The molecule has 1 N–H and O–H groups in total. The topological polar surface area (TPSA) is 49.4 Å². The molecular formula is C16H20N2O2. The molecule has 2 aliphatic rings. The number of urea groups is 1. The Morgan fingerprint density at radius 3 is 2.65 bits per heavy atom. The number of nitrogens with zero attached hydrogens (tertiary/aromatic N) is 1. The van der Waals surface area contributed by atoms with Crippen LogP contribution in [-0.2, 0) is 11.3 Å². The predicted molar refractivity (Wildman–Crippen MR) is 76.1 cm³/mol. The Balaban J connectivity index is 1.85. The van der Waals surface area contributed by atoms with Crippen molar-refractivity contribution in [1.29, 1.82) is 0 Å². The average Bonchev–Trinajstić information content (AvgIpc) is 3.20. The highest BCUT2D eigenvalue weighted by molar-refractivity contribution is 6.07. The molecule has 1 atom stereocenters. The van der Waals surface area contributed by atoms with Crippen molar-refractivity contribution in [2.24, 2.45) is 5.92 Å². The van der Waals surface area contributed by atoms with Crippen LogP contribution < -0.4 is 5.32 Å². The van der Waals surface area contributed by atoms with Crippen LogP contribution in [0, 0.1) is 19.8 Å². The zero-order valence-electron chi connectivity index (χ0n) is 12.2. The van der Waals surface area contributed by atoms with Crippen molar-refractivity contribution in [3.05, 3.63) is 34.9 Å². The van der Waals surface area contributed by atoms with E-state index in [2.05, 4.69) is 5.32 Å². The van der Waals surface area contributed by atoms with Gasteiger partial charge in [-0.3, -0.25) is 9.69 Å². The van der Waals surface area contributed by atoms with Crippen molar-refractivity contribution < 1.29 is 9.59 Å². The van der Waals surface area contributed by atoms with Gasteiger partial charge in [-0.2, -0.15) is 0 Å². The lowest BCUT2D eigenvalue weighted by Gasteiger charge is -2.21. The van der Waals surface area contributed by atoms with Crippen LogP contribution >= 0.6 is 0 Å². The van der Waals surface area contributed by atoms with Crippen molar-refractivity contribution in [2.45, 2.75) is 45.7 Å². The summed E-state index contributed by atoms with van der Waals surface area (Å²) < 4.78 is 0. The molecule has 20 heavy (non-hydrogen) atoms. The van der Waals surface area contributed by atoms with Gasteiger partial charge in [-0.25, -0.2) is 4.79 Å². The highest BCUT2D eigenvalue weighted by atomic mass is 16.2. The summed E-state index contributed by atoms with van der Waals surface area (Å²) in [6.45, 7) is 6.24. The number of nitrogens with one attached hydrogen (secondary N) is 1. The Bertz CT molecular complexity index is 592. The predicted octanol–water partition coefficient (Wildman–Crippen LogP) is 2.52. The number of rotatable bonds is 3. The lowest BCUT2D eigenvalue weighted by Crippen LogP contribution is -2.46. The van der Waals surface area contributed by atoms with Gasteiger partial charge in [0.2, 0.25) is 0 Å². The first-order valence-corrected chi connectivity index (χ1v) is 7.12. The summed E-state index contributed by atoms with van der Waals surface area (Å²) in [5.74, 6) is 0.230. The number of carbonyl (C=O) groups is 2. The summed E-state index contributed by atoms with van der Waals surface area (Å²) in [5, 5.41) is 2.88. The lowest BCUT2D eigenvalue weighted by molar-refractivity contribution is -0.131. The summed E-state index contributed by atoms with van der Waals surface area (Å²) in [4.78, 5) is 26.1. The van der Waals surface area contributed by atoms with Gasteiger partial charge in [0.05, 0.1) is 6.54 Å². The van der Waals surface area contributed by atoms with Crippen LogP contribution in [0.2, 0.25) is 0 Å². The standard InChI is InChI=1S/C16H20N2O2/c1-10-4-5-11(2)12(8-10)9-18-14(19)16(3,13-6-7-13)17-15(18)20/h4-5,8,13H,6-7,9H2,1-3H3,(H,17,20)/t16-/m0/s1. The van der Waals surface area contributed by atoms with E-state index in [4.69, 9.17) is 0 Å². The van der Waals surface area contributed by atoms with Gasteiger partial charge in [0.1, 0.15) is 5.54 Å². The Morgan fingerprint density at radius 2 is 2.00 bits per heavy atom. The number of aryl methyl sites for hydroxylation is 2. The Morgan fingerprint density at radius 1 is 1.30 bits per heavy atom. The SMILES string of the molecule is Cc1ccc(C)c(CN2C(=O)N[C@@](C)(C3CC3)C2=O)c1. The molecule has 0 radical (unpaired) electrons. The third-order valence-electron chi connectivity index (χ3n) is 4.53. The molecule has 0 aromatic heterocycles. The number of amides is 3. The third-order valence-corrected chi connectivity index (χ3v) is 4.53. The molecule has 3 amide bonds. The van der Waals surface area contributed by atoms with E-state index in [9.17, 15) is 9.59 Å². The molecule has 1 heterocycles. The van der Waals surface area contributed by atoms with Gasteiger partial charge in [-0.1, -0.05) is 23.8 Å². The maximum Gasteiger partial charge on any atom is 0.325 e. The highest BCUT2D eigenvalue weighted by Crippen LogP contribution is 2.42. The molecule has 3 rings (SSSR count). The molecule has 106 valence electrons. The normalized spacial score (nSPS) is 26.1. The molecule has 1 saturated heterocycles. The average molecular weight is 272 g/mol. The van der Waals surface area contributed by atoms with Crippen LogP contribution in [-0.4, -0.2) is 22.4 Å². The number of hydrogen-bond donors (Lipinski definition) is 1. The Kier molecular flexibility index (Phi) is 2.85. The molecule has 0 unspecified atom stereocenters. The van der Waals surface area contributed by atoms with Crippen LogP contribution in [0.1, 0.15) is 36.5 Å². The van der Waals surface area contributed by atoms with E-state index in [1.807, 2.05) is 39.0 Å². The second-order valence-corrected chi connectivity index (χ2v) is 6.23. The zero-order chi connectivity index (χ0) is 14.5. The van der Waals surface area contributed by atoms with Crippen LogP contribution in [0.5, 0.6) is 0 Å². The second kappa shape index (κ2) is 4.33. The molecule has 0 spiro atoms. The monoisotopic (exact) mass is 272 g/mol. The minimum atomic E-state index is -0.686. The Labute approximate surface area is 119 Å². The first-order chi connectivity index (χ1) is 9.41. The first kappa shape index (κ1) is 13.2. The molecule has 2 fully saturated rings. The third kappa shape index (κ3) is 1.99. The van der Waals surface area contributed by atoms with Gasteiger partial charge < -0.3 is 5.32 Å². The van der Waals surface area contributed by atoms with Gasteiger partial charge >= 0.3 is 6.03 Å². The molecule has 4 heteroatoms. The van der Waals surface area contributed by atoms with Crippen molar-refractivity contribution in [2.75, 3.05) is 0 Å². The molecular weight excluding hydrogens is 252 g/mol. The summed E-state index contributed by atoms with van der Waals surface area (Å²) in [5.41, 5.74) is 2.60. The number of imide groups is 1. The largest absolute Gasteiger partial charge is 0.325 e. The fourth-order valence-electron chi connectivity index (χ4n) is 2.94. The smallest absolute Gasteiger partial charge is 0.323 e. The lowest BCUT2D eigenvalue weighted by atomic mass is 9.96. The summed E-state index contributed by atoms with van der Waals surface area (Å²) in [6, 6.07) is 5.86. The molecule has 1 aromatic carbocycles. The second-order valence-electron chi connectivity index (χ2n) is 6.23. The minimum absolute atomic E-state index is 0.0779. The van der Waals surface area contributed by atoms with Crippen molar-refractivity contribution in [1.82, 2.24) is 10.2 Å². The van der Waals surface area contributed by atoms with Crippen LogP contribution in [0.4, 0.5) is 4.79 Å². The van der Waals surface area contributed by atoms with Gasteiger partial charge in [-0.05, 0) is 50.7 Å². The number of carbonyl (C=O) groups excluding carboxylic acids is 2. The van der Waals surface area contributed by atoms with E-state index >= 15 is 0 Å². The summed E-state index contributed by atoms with van der Waals surface area (Å²) in [7, 11) is 0. The zero-order valence-corrected chi connectivity index (χ0v) is 12.2. The van der Waals surface area contributed by atoms with Crippen molar-refractivity contribution >= 4 is 11.9 Å². The van der Waals surface area contributed by atoms with Crippen molar-refractivity contribution in [3.8, 4) is 0 Å². The fraction of sp³-hybridized carbons (Fsp3) is 0.500. The molecule has 0 bridgehead atoms. The quantitative estimate of drug-likeness (QED) is 0.860. The van der Waals surface area contributed by atoms with Gasteiger partial charge in [0, 0.05) is 0 Å². The van der Waals surface area contributed by atoms with E-state index in [0.717, 1.165) is 29.5 Å². The van der Waals surface area contributed by atoms with E-state index in [-0.39, 0.29) is 11.9 Å². The molecule has 4 nitrogen and oxygen atoms in total.